The fourth-order valence-electron chi connectivity index (χ4n) is 3.32. The molecule has 3 heterocycles. The van der Waals surface area contributed by atoms with Crippen LogP contribution in [0.15, 0.2) is 42.6 Å². The monoisotopic (exact) mass is 351 g/mol. The van der Waals surface area contributed by atoms with Crippen molar-refractivity contribution in [3.05, 3.63) is 59.5 Å². The maximum Gasteiger partial charge on any atom is 0.255 e. The van der Waals surface area contributed by atoms with Crippen molar-refractivity contribution in [2.75, 3.05) is 13.1 Å². The fraction of sp³-hybridized carbons (Fsp3) is 0.316. The second kappa shape index (κ2) is 6.42. The number of aliphatic hydroxyl groups is 1. The van der Waals surface area contributed by atoms with E-state index in [0.29, 0.717) is 18.8 Å². The van der Waals surface area contributed by atoms with Crippen molar-refractivity contribution in [1.29, 1.82) is 0 Å². The van der Waals surface area contributed by atoms with Crippen LogP contribution in [0, 0.1) is 6.92 Å². The first-order chi connectivity index (χ1) is 12.6. The number of aromatic nitrogens is 4. The summed E-state index contributed by atoms with van der Waals surface area (Å²) in [5.74, 6) is 0.0408. The zero-order valence-corrected chi connectivity index (χ0v) is 14.8. The van der Waals surface area contributed by atoms with Crippen LogP contribution in [0.2, 0.25) is 0 Å². The number of likely N-dealkylation sites (tertiary alicyclic amines) is 1. The number of nitrogens with zero attached hydrogens (tertiary/aromatic N) is 5. The first-order valence-corrected chi connectivity index (χ1v) is 8.61. The Morgan fingerprint density at radius 1 is 1.27 bits per heavy atom. The summed E-state index contributed by atoms with van der Waals surface area (Å²) in [5, 5.41) is 17.0. The van der Waals surface area contributed by atoms with Crippen molar-refractivity contribution >= 4 is 5.91 Å². The smallest absolute Gasteiger partial charge is 0.255 e. The topological polar surface area (TPSA) is 76.2 Å². The molecule has 0 radical (unpaired) electrons. The van der Waals surface area contributed by atoms with Gasteiger partial charge in [-0.25, -0.2) is 4.68 Å². The van der Waals surface area contributed by atoms with Gasteiger partial charge < -0.3 is 14.6 Å². The van der Waals surface area contributed by atoms with Crippen LogP contribution in [0.25, 0.3) is 11.3 Å². The van der Waals surface area contributed by atoms with Gasteiger partial charge in [0.15, 0.2) is 0 Å². The van der Waals surface area contributed by atoms with Gasteiger partial charge in [-0.15, -0.1) is 5.10 Å². The summed E-state index contributed by atoms with van der Waals surface area (Å²) in [6, 6.07) is 12.2. The molecule has 1 aromatic carbocycles. The number of hydrogen-bond donors (Lipinski definition) is 1. The van der Waals surface area contributed by atoms with Crippen LogP contribution in [0.1, 0.15) is 27.8 Å². The SMILES string of the molecule is Cc1c(C(=O)N2CC(n3cc(CO)nn3)C2)cc(-c2ccccc2)n1C. The van der Waals surface area contributed by atoms with E-state index < -0.39 is 0 Å². The predicted molar refractivity (Wildman–Crippen MR) is 96.5 cm³/mol. The van der Waals surface area contributed by atoms with Gasteiger partial charge in [0.1, 0.15) is 5.69 Å². The maximum absolute atomic E-state index is 12.9. The van der Waals surface area contributed by atoms with E-state index >= 15 is 0 Å². The third-order valence-electron chi connectivity index (χ3n) is 5.08. The summed E-state index contributed by atoms with van der Waals surface area (Å²) in [5.41, 5.74) is 4.37. The highest BCUT2D eigenvalue weighted by Gasteiger charge is 2.34. The van der Waals surface area contributed by atoms with E-state index in [9.17, 15) is 4.79 Å². The molecule has 1 N–H and O–H groups in total. The van der Waals surface area contributed by atoms with E-state index in [1.54, 1.807) is 10.9 Å². The standard InChI is InChI=1S/C19H21N5O2/c1-13-17(8-18(22(13)2)14-6-4-3-5-7-14)19(26)23-10-16(11-23)24-9-15(12-25)20-21-24/h3-9,16,25H,10-12H2,1-2H3. The number of carbonyl (C=O) groups excluding carboxylic acids is 1. The highest BCUT2D eigenvalue weighted by Crippen LogP contribution is 2.28. The van der Waals surface area contributed by atoms with Crippen molar-refractivity contribution in [3.63, 3.8) is 0 Å². The Balaban J connectivity index is 1.51. The first-order valence-electron chi connectivity index (χ1n) is 8.61. The van der Waals surface area contributed by atoms with Gasteiger partial charge in [-0.2, -0.15) is 0 Å². The number of hydrogen-bond acceptors (Lipinski definition) is 4. The van der Waals surface area contributed by atoms with Gasteiger partial charge in [0.25, 0.3) is 5.91 Å². The molecule has 3 aromatic rings. The van der Waals surface area contributed by atoms with E-state index in [1.807, 2.05) is 55.3 Å². The predicted octanol–water partition coefficient (Wildman–Crippen LogP) is 1.78. The van der Waals surface area contributed by atoms with E-state index in [0.717, 1.165) is 22.5 Å². The molecule has 1 aliphatic rings. The number of rotatable bonds is 4. The molecule has 1 aliphatic heterocycles. The Kier molecular flexibility index (Phi) is 4.08. The molecule has 0 spiro atoms. The summed E-state index contributed by atoms with van der Waals surface area (Å²) in [6.07, 6.45) is 1.73. The Bertz CT molecular complexity index is 938. The summed E-state index contributed by atoms with van der Waals surface area (Å²) in [6.45, 7) is 3.05. The molecule has 7 nitrogen and oxygen atoms in total. The van der Waals surface area contributed by atoms with Gasteiger partial charge in [0.05, 0.1) is 24.4 Å². The van der Waals surface area contributed by atoms with Gasteiger partial charge in [0.2, 0.25) is 0 Å². The minimum absolute atomic E-state index is 0.0408. The van der Waals surface area contributed by atoms with Crippen molar-refractivity contribution in [3.8, 4) is 11.3 Å². The molecule has 0 saturated carbocycles. The normalized spacial score (nSPS) is 14.5. The molecule has 1 amide bonds. The Morgan fingerprint density at radius 3 is 2.65 bits per heavy atom. The Hall–Kier alpha value is -2.93. The molecule has 1 fully saturated rings. The van der Waals surface area contributed by atoms with Gasteiger partial charge in [-0.3, -0.25) is 4.79 Å². The molecule has 26 heavy (non-hydrogen) atoms. The van der Waals surface area contributed by atoms with Crippen molar-refractivity contribution in [1.82, 2.24) is 24.5 Å². The zero-order valence-electron chi connectivity index (χ0n) is 14.8. The summed E-state index contributed by atoms with van der Waals surface area (Å²) < 4.78 is 3.79. The lowest BCUT2D eigenvalue weighted by atomic mass is 10.1. The number of aliphatic hydroxyl groups excluding tert-OH is 1. The third kappa shape index (κ3) is 2.70. The quantitative estimate of drug-likeness (QED) is 0.777. The Labute approximate surface area is 151 Å². The van der Waals surface area contributed by atoms with Crippen LogP contribution >= 0.6 is 0 Å². The van der Waals surface area contributed by atoms with Gasteiger partial charge in [0, 0.05) is 31.5 Å². The number of carbonyl (C=O) groups is 1. The van der Waals surface area contributed by atoms with Gasteiger partial charge >= 0.3 is 0 Å². The molecule has 0 bridgehead atoms. The van der Waals surface area contributed by atoms with Crippen LogP contribution in [0.5, 0.6) is 0 Å². The molecule has 2 aromatic heterocycles. The first kappa shape index (κ1) is 16.5. The minimum atomic E-state index is -0.124. The van der Waals surface area contributed by atoms with E-state index in [2.05, 4.69) is 14.9 Å². The summed E-state index contributed by atoms with van der Waals surface area (Å²) in [4.78, 5) is 14.7. The molecule has 1 saturated heterocycles. The second-order valence-corrected chi connectivity index (χ2v) is 6.67. The minimum Gasteiger partial charge on any atom is -0.390 e. The molecule has 0 unspecified atom stereocenters. The average molecular weight is 351 g/mol. The molecule has 4 rings (SSSR count). The Morgan fingerprint density at radius 2 is 2.00 bits per heavy atom. The van der Waals surface area contributed by atoms with Crippen LogP contribution < -0.4 is 0 Å². The third-order valence-corrected chi connectivity index (χ3v) is 5.08. The second-order valence-electron chi connectivity index (χ2n) is 6.67. The number of amides is 1. The van der Waals surface area contributed by atoms with Crippen molar-refractivity contribution in [2.45, 2.75) is 19.6 Å². The zero-order chi connectivity index (χ0) is 18.3. The van der Waals surface area contributed by atoms with Gasteiger partial charge in [-0.1, -0.05) is 35.5 Å². The van der Waals surface area contributed by atoms with Gasteiger partial charge in [-0.05, 0) is 18.6 Å². The van der Waals surface area contributed by atoms with E-state index in [4.69, 9.17) is 5.11 Å². The van der Waals surface area contributed by atoms with Crippen molar-refractivity contribution < 1.29 is 9.90 Å². The lowest BCUT2D eigenvalue weighted by Crippen LogP contribution is -2.51. The molecule has 7 heteroatoms. The van der Waals surface area contributed by atoms with Crippen LogP contribution in [0.4, 0.5) is 0 Å². The molecular weight excluding hydrogens is 330 g/mol. The fourth-order valence-corrected chi connectivity index (χ4v) is 3.32. The summed E-state index contributed by atoms with van der Waals surface area (Å²) >= 11 is 0. The van der Waals surface area contributed by atoms with Crippen molar-refractivity contribution in [2.24, 2.45) is 7.05 Å². The van der Waals surface area contributed by atoms with Crippen LogP contribution in [0.3, 0.4) is 0 Å². The number of benzene rings is 1. The maximum atomic E-state index is 12.9. The summed E-state index contributed by atoms with van der Waals surface area (Å²) in [7, 11) is 1.99. The van der Waals surface area contributed by atoms with Crippen LogP contribution in [-0.2, 0) is 13.7 Å². The highest BCUT2D eigenvalue weighted by atomic mass is 16.3. The molecular formula is C19H21N5O2. The molecule has 0 atom stereocenters. The highest BCUT2D eigenvalue weighted by molar-refractivity contribution is 5.97. The lowest BCUT2D eigenvalue weighted by Gasteiger charge is -2.38. The van der Waals surface area contributed by atoms with E-state index in [-0.39, 0.29) is 18.6 Å². The van der Waals surface area contributed by atoms with E-state index in [1.165, 1.54) is 0 Å². The van der Waals surface area contributed by atoms with Crippen LogP contribution in [-0.4, -0.2) is 48.6 Å². The molecule has 134 valence electrons. The average Bonchev–Trinajstić information content (AvgIpc) is 3.20. The largest absolute Gasteiger partial charge is 0.390 e. The lowest BCUT2D eigenvalue weighted by molar-refractivity contribution is 0.0497. The molecule has 0 aliphatic carbocycles.